The van der Waals surface area contributed by atoms with E-state index in [-0.39, 0.29) is 18.5 Å². The van der Waals surface area contributed by atoms with Gasteiger partial charge in [0.25, 0.3) is 5.91 Å². The van der Waals surface area contributed by atoms with Gasteiger partial charge in [0.2, 0.25) is 0 Å². The van der Waals surface area contributed by atoms with Crippen molar-refractivity contribution >= 4 is 17.6 Å². The first kappa shape index (κ1) is 14.3. The maximum Gasteiger partial charge on any atom is 0.325 e. The Kier molecular flexibility index (Phi) is 3.92. The van der Waals surface area contributed by atoms with Crippen LogP contribution in [0.3, 0.4) is 0 Å². The third-order valence-corrected chi connectivity index (χ3v) is 3.16. The van der Waals surface area contributed by atoms with Crippen molar-refractivity contribution in [3.8, 4) is 0 Å². The molecule has 0 unspecified atom stereocenters. The molecular weight excluding hydrogens is 256 g/mol. The molecule has 108 valence electrons. The zero-order valence-electron chi connectivity index (χ0n) is 12.1. The summed E-state index contributed by atoms with van der Waals surface area (Å²) in [7, 11) is 0. The molecule has 0 bridgehead atoms. The number of hydrogen-bond donors (Lipinski definition) is 2. The fourth-order valence-corrected chi connectivity index (χ4v) is 2.07. The van der Waals surface area contributed by atoms with Crippen molar-refractivity contribution < 1.29 is 9.59 Å². The van der Waals surface area contributed by atoms with Crippen LogP contribution < -0.4 is 10.6 Å². The second kappa shape index (κ2) is 5.48. The molecule has 1 aliphatic rings. The van der Waals surface area contributed by atoms with Gasteiger partial charge in [0, 0.05) is 18.4 Å². The van der Waals surface area contributed by atoms with E-state index in [1.165, 1.54) is 4.90 Å². The number of urea groups is 1. The van der Waals surface area contributed by atoms with Crippen molar-refractivity contribution in [3.63, 3.8) is 0 Å². The van der Waals surface area contributed by atoms with Crippen LogP contribution in [0.4, 0.5) is 10.5 Å². The number of carbonyl (C=O) groups is 2. The van der Waals surface area contributed by atoms with Crippen LogP contribution in [0.25, 0.3) is 0 Å². The second-order valence-corrected chi connectivity index (χ2v) is 5.41. The van der Waals surface area contributed by atoms with E-state index in [1.54, 1.807) is 20.0 Å². The van der Waals surface area contributed by atoms with E-state index in [2.05, 4.69) is 22.5 Å². The van der Waals surface area contributed by atoms with E-state index in [0.717, 1.165) is 18.7 Å². The maximum atomic E-state index is 12.1. The lowest BCUT2D eigenvalue weighted by Gasteiger charge is -2.16. The lowest BCUT2D eigenvalue weighted by atomic mass is 10.1. The summed E-state index contributed by atoms with van der Waals surface area (Å²) in [5.74, 6) is -0.226. The van der Waals surface area contributed by atoms with Gasteiger partial charge in [0.05, 0.1) is 12.2 Å². The topological polar surface area (TPSA) is 74.3 Å². The van der Waals surface area contributed by atoms with Crippen LogP contribution in [0.5, 0.6) is 0 Å². The summed E-state index contributed by atoms with van der Waals surface area (Å²) in [5.41, 5.74) is 0.797. The summed E-state index contributed by atoms with van der Waals surface area (Å²) >= 11 is 0. The van der Waals surface area contributed by atoms with Crippen LogP contribution in [0.1, 0.15) is 32.9 Å². The highest BCUT2D eigenvalue weighted by molar-refractivity contribution is 6.06. The molecule has 1 aromatic rings. The smallest absolute Gasteiger partial charge is 0.325 e. The molecule has 2 heterocycles. The molecule has 1 aromatic heterocycles. The summed E-state index contributed by atoms with van der Waals surface area (Å²) in [6.07, 6.45) is 2.70. The van der Waals surface area contributed by atoms with E-state index >= 15 is 0 Å². The predicted octanol–water partition coefficient (Wildman–Crippen LogP) is 1.73. The number of aromatic nitrogens is 1. The Labute approximate surface area is 118 Å². The number of rotatable bonds is 5. The molecule has 6 heteroatoms. The van der Waals surface area contributed by atoms with Gasteiger partial charge < -0.3 is 10.6 Å². The van der Waals surface area contributed by atoms with Crippen molar-refractivity contribution in [2.75, 3.05) is 11.9 Å². The Balaban J connectivity index is 2.10. The molecule has 1 aliphatic heterocycles. The Bertz CT molecular complexity index is 528. The van der Waals surface area contributed by atoms with Gasteiger partial charge in [-0.05, 0) is 32.4 Å². The van der Waals surface area contributed by atoms with Crippen LogP contribution in [0.2, 0.25) is 0 Å². The van der Waals surface area contributed by atoms with E-state index in [9.17, 15) is 9.59 Å². The minimum atomic E-state index is -0.838. The molecule has 6 nitrogen and oxygen atoms in total. The summed E-state index contributed by atoms with van der Waals surface area (Å²) < 4.78 is 0. The van der Waals surface area contributed by atoms with Gasteiger partial charge >= 0.3 is 6.03 Å². The number of anilines is 1. The first-order valence-electron chi connectivity index (χ1n) is 6.77. The number of pyridine rings is 1. The van der Waals surface area contributed by atoms with Crippen molar-refractivity contribution in [2.24, 2.45) is 0 Å². The molecule has 0 radical (unpaired) electrons. The largest absolute Gasteiger partial charge is 0.385 e. The number of nitrogens with zero attached hydrogens (tertiary/aromatic N) is 2. The molecule has 3 amide bonds. The molecule has 0 spiro atoms. The molecule has 2 N–H and O–H groups in total. The maximum absolute atomic E-state index is 12.1. The van der Waals surface area contributed by atoms with Crippen LogP contribution >= 0.6 is 0 Å². The Morgan fingerprint density at radius 1 is 1.40 bits per heavy atom. The molecule has 0 aromatic carbocycles. The van der Waals surface area contributed by atoms with Crippen LogP contribution in [0.15, 0.2) is 18.3 Å². The molecule has 1 saturated heterocycles. The first-order valence-corrected chi connectivity index (χ1v) is 6.77. The van der Waals surface area contributed by atoms with E-state index in [4.69, 9.17) is 0 Å². The SMILES string of the molecule is CCCNc1ccnc(CN2C(=O)NC(C)(C)C2=O)c1. The Morgan fingerprint density at radius 3 is 2.75 bits per heavy atom. The monoisotopic (exact) mass is 276 g/mol. The highest BCUT2D eigenvalue weighted by Gasteiger charge is 2.44. The minimum Gasteiger partial charge on any atom is -0.385 e. The average Bonchev–Trinajstić information content (AvgIpc) is 2.59. The van der Waals surface area contributed by atoms with Crippen molar-refractivity contribution in [1.82, 2.24) is 15.2 Å². The molecule has 2 rings (SSSR count). The summed E-state index contributed by atoms with van der Waals surface area (Å²) in [6.45, 7) is 6.54. The predicted molar refractivity (Wildman–Crippen MR) is 76.2 cm³/mol. The molecule has 1 fully saturated rings. The van der Waals surface area contributed by atoms with Gasteiger partial charge in [-0.25, -0.2) is 4.79 Å². The fourth-order valence-electron chi connectivity index (χ4n) is 2.07. The van der Waals surface area contributed by atoms with E-state index in [1.807, 2.05) is 12.1 Å². The van der Waals surface area contributed by atoms with Crippen molar-refractivity contribution in [1.29, 1.82) is 0 Å². The normalized spacial score (nSPS) is 17.2. The molecule has 0 saturated carbocycles. The van der Waals surface area contributed by atoms with Crippen LogP contribution in [-0.4, -0.2) is 33.9 Å². The van der Waals surface area contributed by atoms with Gasteiger partial charge in [-0.2, -0.15) is 0 Å². The molecule has 0 aliphatic carbocycles. The number of amides is 3. The van der Waals surface area contributed by atoms with Crippen LogP contribution in [0, 0.1) is 0 Å². The third kappa shape index (κ3) is 2.89. The number of hydrogen-bond acceptors (Lipinski definition) is 4. The summed E-state index contributed by atoms with van der Waals surface area (Å²) in [4.78, 5) is 29.3. The van der Waals surface area contributed by atoms with Crippen molar-refractivity contribution in [3.05, 3.63) is 24.0 Å². The summed E-state index contributed by atoms with van der Waals surface area (Å²) in [6, 6.07) is 3.37. The van der Waals surface area contributed by atoms with Gasteiger partial charge in [0.1, 0.15) is 5.54 Å². The standard InChI is InChI=1S/C14H20N4O2/c1-4-6-15-10-5-7-16-11(8-10)9-18-12(19)14(2,3)17-13(18)20/h5,7-8H,4,6,9H2,1-3H3,(H,15,16)(H,17,20). The third-order valence-electron chi connectivity index (χ3n) is 3.16. The average molecular weight is 276 g/mol. The fraction of sp³-hybridized carbons (Fsp3) is 0.500. The van der Waals surface area contributed by atoms with Gasteiger partial charge in [-0.15, -0.1) is 0 Å². The number of imide groups is 1. The zero-order chi connectivity index (χ0) is 14.8. The molecule has 20 heavy (non-hydrogen) atoms. The first-order chi connectivity index (χ1) is 9.44. The van der Waals surface area contributed by atoms with Gasteiger partial charge in [-0.1, -0.05) is 6.92 Å². The lowest BCUT2D eigenvalue weighted by molar-refractivity contribution is -0.130. The lowest BCUT2D eigenvalue weighted by Crippen LogP contribution is -2.40. The molecular formula is C14H20N4O2. The van der Waals surface area contributed by atoms with Crippen molar-refractivity contribution in [2.45, 2.75) is 39.3 Å². The quantitative estimate of drug-likeness (QED) is 0.803. The second-order valence-electron chi connectivity index (χ2n) is 5.41. The Hall–Kier alpha value is -2.11. The highest BCUT2D eigenvalue weighted by Crippen LogP contribution is 2.19. The summed E-state index contributed by atoms with van der Waals surface area (Å²) in [5, 5.41) is 5.91. The van der Waals surface area contributed by atoms with E-state index in [0.29, 0.717) is 5.69 Å². The highest BCUT2D eigenvalue weighted by atomic mass is 16.2. The Morgan fingerprint density at radius 2 is 2.15 bits per heavy atom. The van der Waals surface area contributed by atoms with E-state index < -0.39 is 5.54 Å². The minimum absolute atomic E-state index is 0.190. The van der Waals surface area contributed by atoms with Gasteiger partial charge in [0.15, 0.2) is 0 Å². The number of carbonyl (C=O) groups excluding carboxylic acids is 2. The van der Waals surface area contributed by atoms with Crippen LogP contribution in [-0.2, 0) is 11.3 Å². The zero-order valence-corrected chi connectivity index (χ0v) is 12.1. The van der Waals surface area contributed by atoms with Gasteiger partial charge in [-0.3, -0.25) is 14.7 Å². The molecule has 0 atom stereocenters. The number of nitrogens with one attached hydrogen (secondary N) is 2.